The zero-order valence-corrected chi connectivity index (χ0v) is 51.1. The van der Waals surface area contributed by atoms with E-state index < -0.39 is 11.6 Å². The number of amides is 2. The molecule has 1 N–H and O–H groups in total. The fourth-order valence-corrected chi connectivity index (χ4v) is 12.0. The van der Waals surface area contributed by atoms with Crippen LogP contribution in [0.4, 0.5) is 14.6 Å². The van der Waals surface area contributed by atoms with Gasteiger partial charge in [0.05, 0.1) is 17.6 Å². The van der Waals surface area contributed by atoms with Crippen LogP contribution in [0.15, 0.2) is 48.7 Å². The maximum Gasteiger partial charge on any atom is 0.319 e. The maximum absolute atomic E-state index is 17.4. The SMILES string of the molecule is C#Cc1c(F)ccc2cc(C3CCC3)cc(-c3ncc4c(N5CCCC(C)C5)nc(OCC5(CN6CCC(N7CCC(c8ccc(C)c(C)c8)CC7)CC6)CC5)nc4c3F)c12.CC1CCC(=O)NC1=O.CCC(C)C.CCC(C)C(C)=O. The van der Waals surface area contributed by atoms with Gasteiger partial charge in [0.1, 0.15) is 28.6 Å². The van der Waals surface area contributed by atoms with Crippen LogP contribution in [0.2, 0.25) is 0 Å². The van der Waals surface area contributed by atoms with Crippen molar-refractivity contribution >= 4 is 45.1 Å². The maximum atomic E-state index is 17.4. The number of hydrogen-bond acceptors (Lipinski definition) is 10. The summed E-state index contributed by atoms with van der Waals surface area (Å²) in [5.41, 5.74) is 6.37. The molecular formula is C69H93F2N7O4. The van der Waals surface area contributed by atoms with E-state index in [1.807, 2.05) is 26.8 Å². The summed E-state index contributed by atoms with van der Waals surface area (Å²) in [6.45, 7) is 28.5. The minimum atomic E-state index is -0.561. The predicted octanol–water partition coefficient (Wildman–Crippen LogP) is 14.5. The number of carbonyl (C=O) groups excluding carboxylic acids is 3. The first-order valence-corrected chi connectivity index (χ1v) is 31.1. The zero-order chi connectivity index (χ0) is 58.8. The van der Waals surface area contributed by atoms with Gasteiger partial charge in [-0.1, -0.05) is 97.6 Å². The van der Waals surface area contributed by atoms with E-state index in [-0.39, 0.29) is 51.8 Å². The molecule has 82 heavy (non-hydrogen) atoms. The lowest BCUT2D eigenvalue weighted by Gasteiger charge is -2.42. The van der Waals surface area contributed by atoms with Gasteiger partial charge < -0.3 is 19.4 Å². The molecule has 442 valence electrons. The Morgan fingerprint density at radius 2 is 1.55 bits per heavy atom. The summed E-state index contributed by atoms with van der Waals surface area (Å²) in [6.07, 6.45) is 23.7. The predicted molar refractivity (Wildman–Crippen MR) is 328 cm³/mol. The molecule has 6 aliphatic rings. The van der Waals surface area contributed by atoms with Crippen molar-refractivity contribution in [2.45, 2.75) is 183 Å². The number of carbonyl (C=O) groups is 3. The van der Waals surface area contributed by atoms with E-state index in [0.717, 1.165) is 101 Å². The first kappa shape index (κ1) is 62.2. The number of aryl methyl sites for hydroxylation is 2. The van der Waals surface area contributed by atoms with Crippen LogP contribution in [-0.4, -0.2) is 101 Å². The molecule has 6 heterocycles. The quantitative estimate of drug-likeness (QED) is 0.0901. The molecule has 4 aliphatic heterocycles. The average molecular weight is 1120 g/mol. The molecule has 2 aliphatic carbocycles. The number of rotatable bonds is 13. The van der Waals surface area contributed by atoms with Crippen molar-refractivity contribution in [1.82, 2.24) is 30.1 Å². The Morgan fingerprint density at radius 1 is 0.841 bits per heavy atom. The molecule has 2 amide bonds. The van der Waals surface area contributed by atoms with Crippen molar-refractivity contribution in [2.75, 3.05) is 57.3 Å². The summed E-state index contributed by atoms with van der Waals surface area (Å²) in [5.74, 6) is 4.87. The number of imide groups is 1. The fraction of sp³-hybridized carbons (Fsp3) is 0.594. The summed E-state index contributed by atoms with van der Waals surface area (Å²) in [6, 6.07) is 15.1. The number of anilines is 1. The highest BCUT2D eigenvalue weighted by atomic mass is 19.1. The van der Waals surface area contributed by atoms with Crippen LogP contribution in [0.5, 0.6) is 6.01 Å². The molecule has 3 aromatic carbocycles. The zero-order valence-electron chi connectivity index (χ0n) is 51.1. The van der Waals surface area contributed by atoms with E-state index in [9.17, 15) is 14.4 Å². The summed E-state index contributed by atoms with van der Waals surface area (Å²) >= 11 is 0. The number of nitrogens with zero attached hydrogens (tertiary/aromatic N) is 6. The number of benzene rings is 3. The van der Waals surface area contributed by atoms with Crippen LogP contribution < -0.4 is 15.0 Å². The van der Waals surface area contributed by atoms with E-state index in [0.29, 0.717) is 71.2 Å². The molecule has 0 radical (unpaired) electrons. The third-order valence-corrected chi connectivity index (χ3v) is 18.9. The van der Waals surface area contributed by atoms with Crippen LogP contribution >= 0.6 is 0 Å². The number of likely N-dealkylation sites (tertiary alicyclic amines) is 2. The molecular weight excluding hydrogens is 1030 g/mol. The number of halogens is 2. The van der Waals surface area contributed by atoms with Crippen molar-refractivity contribution in [3.63, 3.8) is 0 Å². The molecule has 0 bridgehead atoms. The Balaban J connectivity index is 0.000000355. The first-order chi connectivity index (χ1) is 39.3. The topological polar surface area (TPSA) is 121 Å². The number of terminal acetylenes is 1. The van der Waals surface area contributed by atoms with Crippen molar-refractivity contribution in [3.05, 3.63) is 88.1 Å². The molecule has 4 saturated heterocycles. The molecule has 2 saturated carbocycles. The average Bonchev–Trinajstić information content (AvgIpc) is 2.29. The molecule has 11 rings (SSSR count). The number of aromatic nitrogens is 3. The smallest absolute Gasteiger partial charge is 0.319 e. The summed E-state index contributed by atoms with van der Waals surface area (Å²) < 4.78 is 39.2. The minimum Gasteiger partial charge on any atom is -0.463 e. The van der Waals surface area contributed by atoms with Crippen molar-refractivity contribution in [3.8, 4) is 29.6 Å². The highest BCUT2D eigenvalue weighted by molar-refractivity contribution is 6.03. The highest BCUT2D eigenvalue weighted by Gasteiger charge is 2.46. The lowest BCUT2D eigenvalue weighted by molar-refractivity contribution is -0.135. The Kier molecular flexibility index (Phi) is 21.4. The summed E-state index contributed by atoms with van der Waals surface area (Å²) in [4.78, 5) is 53.8. The van der Waals surface area contributed by atoms with E-state index in [4.69, 9.17) is 26.1 Å². The van der Waals surface area contributed by atoms with Crippen LogP contribution in [0.3, 0.4) is 0 Å². The fourth-order valence-electron chi connectivity index (χ4n) is 12.0. The van der Waals surface area contributed by atoms with Gasteiger partial charge in [0, 0.05) is 66.5 Å². The van der Waals surface area contributed by atoms with E-state index in [2.05, 4.69) is 91.7 Å². The highest BCUT2D eigenvalue weighted by Crippen LogP contribution is 2.48. The number of piperidine rings is 4. The molecule has 3 atom stereocenters. The number of nitrogens with one attached hydrogen (secondary N) is 1. The van der Waals surface area contributed by atoms with E-state index in [1.54, 1.807) is 19.2 Å². The minimum absolute atomic E-state index is 0.0164. The van der Waals surface area contributed by atoms with Crippen molar-refractivity contribution in [2.24, 2.45) is 29.1 Å². The largest absolute Gasteiger partial charge is 0.463 e. The Labute approximate surface area is 488 Å². The van der Waals surface area contributed by atoms with Crippen molar-refractivity contribution in [1.29, 1.82) is 0 Å². The molecule has 6 fully saturated rings. The third-order valence-electron chi connectivity index (χ3n) is 18.9. The van der Waals surface area contributed by atoms with Crippen LogP contribution in [-0.2, 0) is 14.4 Å². The van der Waals surface area contributed by atoms with Gasteiger partial charge in [0.15, 0.2) is 5.82 Å². The molecule has 5 aromatic rings. The normalized spacial score (nSPS) is 21.0. The second-order valence-corrected chi connectivity index (χ2v) is 25.6. The van der Waals surface area contributed by atoms with Crippen LogP contribution in [0.25, 0.3) is 32.9 Å². The van der Waals surface area contributed by atoms with Gasteiger partial charge in [-0.05, 0) is 187 Å². The lowest BCUT2D eigenvalue weighted by atomic mass is 9.78. The Bertz CT molecular complexity index is 3080. The lowest BCUT2D eigenvalue weighted by Crippen LogP contribution is -2.48. The monoisotopic (exact) mass is 1120 g/mol. The second kappa shape index (κ2) is 28.2. The third kappa shape index (κ3) is 15.5. The number of hydrogen-bond donors (Lipinski definition) is 1. The number of ketones is 1. The standard InChI is InChI=1S/C52H60F2N6O.C6H9NO2.C6H12O.C5H12/c1-5-42-45(53)14-13-39-27-40(36-9-6-10-36)28-43(46(39)42)48-47(54)49-44(29-55-48)50(60-21-7-8-33(2)30-60)57-51(56-49)61-32-52(19-20-52)31-58-22-17-41(18-23-58)59-24-15-37(16-25-59)38-12-11-34(3)35(4)26-38;1-4-2-3-5(8)7-6(4)9;1-4-5(2)6(3)7;1-4-5(2)3/h1,11-14,26-29,33,36-37,41H,6-10,15-25,30-32H2,2-4H3;4H,2-3H2,1H3,(H,7,8,9);5H,4H2,1-3H3;5H,4H2,1-3H3. The van der Waals surface area contributed by atoms with Gasteiger partial charge in [-0.3, -0.25) is 24.7 Å². The molecule has 2 aromatic heterocycles. The van der Waals surface area contributed by atoms with Crippen LogP contribution in [0.1, 0.15) is 191 Å². The summed E-state index contributed by atoms with van der Waals surface area (Å²) in [7, 11) is 0. The number of pyridine rings is 1. The Hall–Kier alpha value is -5.84. The van der Waals surface area contributed by atoms with Gasteiger partial charge in [0.25, 0.3) is 0 Å². The van der Waals surface area contributed by atoms with E-state index >= 15 is 8.78 Å². The van der Waals surface area contributed by atoms with Gasteiger partial charge >= 0.3 is 6.01 Å². The Morgan fingerprint density at radius 3 is 2.12 bits per heavy atom. The second-order valence-electron chi connectivity index (χ2n) is 25.6. The van der Waals surface area contributed by atoms with Gasteiger partial charge in [0.2, 0.25) is 11.8 Å². The van der Waals surface area contributed by atoms with Crippen LogP contribution in [0, 0.1) is 66.9 Å². The number of Topliss-reactive ketones (excluding diaryl/α,β-unsaturated/α-hetero) is 1. The van der Waals surface area contributed by atoms with Gasteiger partial charge in [-0.15, -0.1) is 6.42 Å². The molecule has 11 nitrogen and oxygen atoms in total. The first-order valence-electron chi connectivity index (χ1n) is 31.1. The molecule has 0 spiro atoms. The number of fused-ring (bicyclic) bond motifs is 2. The number of ether oxygens (including phenoxy) is 1. The summed E-state index contributed by atoms with van der Waals surface area (Å²) in [5, 5.41) is 4.10. The van der Waals surface area contributed by atoms with Gasteiger partial charge in [-0.25, -0.2) is 8.78 Å². The van der Waals surface area contributed by atoms with E-state index in [1.165, 1.54) is 68.0 Å². The van der Waals surface area contributed by atoms with Gasteiger partial charge in [-0.2, -0.15) is 9.97 Å². The van der Waals surface area contributed by atoms with Crippen molar-refractivity contribution < 1.29 is 27.9 Å². The molecule has 3 unspecified atom stereocenters. The molecule has 13 heteroatoms.